The number of hydrogen-bond acceptors (Lipinski definition) is 3. The van der Waals surface area contributed by atoms with Gasteiger partial charge in [-0.05, 0) is 0 Å². The van der Waals surface area contributed by atoms with Crippen molar-refractivity contribution >= 4 is 5.91 Å². The molecule has 1 heterocycles. The summed E-state index contributed by atoms with van der Waals surface area (Å²) >= 11 is 0. The molecule has 4 nitrogen and oxygen atoms in total. The van der Waals surface area contributed by atoms with Gasteiger partial charge in [0.15, 0.2) is 0 Å². The minimum atomic E-state index is 0.104. The zero-order valence-corrected chi connectivity index (χ0v) is 6.49. The van der Waals surface area contributed by atoms with Crippen LogP contribution in [0.2, 0.25) is 0 Å². The summed E-state index contributed by atoms with van der Waals surface area (Å²) < 4.78 is 0. The average Bonchev–Trinajstić information content (AvgIpc) is 2.33. The van der Waals surface area contributed by atoms with Crippen molar-refractivity contribution in [3.8, 4) is 0 Å². The van der Waals surface area contributed by atoms with E-state index in [0.717, 1.165) is 0 Å². The first-order valence-corrected chi connectivity index (χ1v) is 3.86. The third kappa shape index (κ3) is 1.91. The van der Waals surface area contributed by atoms with E-state index in [-0.39, 0.29) is 18.4 Å². The highest BCUT2D eigenvalue weighted by molar-refractivity contribution is 5.78. The highest BCUT2D eigenvalue weighted by atomic mass is 16.3. The first kappa shape index (κ1) is 8.49. The molecule has 1 rings (SSSR count). The van der Waals surface area contributed by atoms with Gasteiger partial charge in [-0.25, -0.2) is 0 Å². The predicted octanol–water partition coefficient (Wildman–Crippen LogP) is -1.21. The molecule has 1 atom stereocenters. The molecule has 11 heavy (non-hydrogen) atoms. The number of carbonyl (C=O) groups is 1. The molecule has 0 spiro atoms. The maximum atomic E-state index is 11.1. The molecule has 64 valence electrons. The van der Waals surface area contributed by atoms with Crippen LogP contribution in [0.25, 0.3) is 0 Å². The number of aliphatic hydroxyl groups is 1. The Hall–Kier alpha value is -0.610. The first-order chi connectivity index (χ1) is 5.27. The molecule has 0 aromatic heterocycles. The van der Waals surface area contributed by atoms with Crippen LogP contribution >= 0.6 is 0 Å². The molecule has 1 unspecified atom stereocenters. The minimum Gasteiger partial charge on any atom is -0.396 e. The molecule has 0 bridgehead atoms. The molecule has 1 aliphatic heterocycles. The van der Waals surface area contributed by atoms with E-state index in [4.69, 9.17) is 10.8 Å². The second-order valence-electron chi connectivity index (χ2n) is 2.88. The van der Waals surface area contributed by atoms with E-state index >= 15 is 0 Å². The summed E-state index contributed by atoms with van der Waals surface area (Å²) in [4.78, 5) is 12.8. The third-order valence-corrected chi connectivity index (χ3v) is 1.95. The van der Waals surface area contributed by atoms with E-state index < -0.39 is 0 Å². The van der Waals surface area contributed by atoms with Crippen LogP contribution in [0.3, 0.4) is 0 Å². The molecule has 0 aliphatic carbocycles. The smallest absolute Gasteiger partial charge is 0.223 e. The van der Waals surface area contributed by atoms with Gasteiger partial charge < -0.3 is 15.7 Å². The van der Waals surface area contributed by atoms with Crippen LogP contribution in [0, 0.1) is 5.92 Å². The van der Waals surface area contributed by atoms with E-state index in [2.05, 4.69) is 0 Å². The van der Waals surface area contributed by atoms with Crippen molar-refractivity contribution in [3.63, 3.8) is 0 Å². The van der Waals surface area contributed by atoms with Crippen LogP contribution in [0.5, 0.6) is 0 Å². The summed E-state index contributed by atoms with van der Waals surface area (Å²) in [7, 11) is 0. The minimum absolute atomic E-state index is 0.104. The van der Waals surface area contributed by atoms with E-state index in [9.17, 15) is 4.79 Å². The van der Waals surface area contributed by atoms with Crippen molar-refractivity contribution in [1.82, 2.24) is 4.90 Å². The summed E-state index contributed by atoms with van der Waals surface area (Å²) in [6, 6.07) is 0. The summed E-state index contributed by atoms with van der Waals surface area (Å²) in [6.45, 7) is 1.90. The van der Waals surface area contributed by atoms with Crippen LogP contribution in [-0.2, 0) is 4.79 Å². The van der Waals surface area contributed by atoms with Gasteiger partial charge in [0.1, 0.15) is 0 Å². The van der Waals surface area contributed by atoms with E-state index in [1.165, 1.54) is 0 Å². The zero-order chi connectivity index (χ0) is 8.27. The largest absolute Gasteiger partial charge is 0.396 e. The Labute approximate surface area is 66.0 Å². The van der Waals surface area contributed by atoms with Gasteiger partial charge in [-0.3, -0.25) is 4.79 Å². The van der Waals surface area contributed by atoms with Crippen molar-refractivity contribution in [2.75, 3.05) is 26.2 Å². The standard InChI is InChI=1S/C7H14N2O2/c8-1-2-9-4-6(5-10)3-7(9)11/h6,10H,1-5,8H2. The lowest BCUT2D eigenvalue weighted by atomic mass is 10.1. The maximum Gasteiger partial charge on any atom is 0.223 e. The topological polar surface area (TPSA) is 66.6 Å². The van der Waals surface area contributed by atoms with Gasteiger partial charge in [0, 0.05) is 38.6 Å². The van der Waals surface area contributed by atoms with Crippen LogP contribution in [0.1, 0.15) is 6.42 Å². The fourth-order valence-corrected chi connectivity index (χ4v) is 1.35. The number of carbonyl (C=O) groups excluding carboxylic acids is 1. The Morgan fingerprint density at radius 2 is 2.45 bits per heavy atom. The van der Waals surface area contributed by atoms with Gasteiger partial charge in [0.2, 0.25) is 5.91 Å². The zero-order valence-electron chi connectivity index (χ0n) is 6.49. The molecule has 4 heteroatoms. The SMILES string of the molecule is NCCN1CC(CO)CC1=O. The number of aliphatic hydroxyl groups excluding tert-OH is 1. The van der Waals surface area contributed by atoms with Crippen molar-refractivity contribution in [3.05, 3.63) is 0 Å². The fourth-order valence-electron chi connectivity index (χ4n) is 1.35. The number of rotatable bonds is 3. The predicted molar refractivity (Wildman–Crippen MR) is 40.8 cm³/mol. The Morgan fingerprint density at radius 1 is 1.73 bits per heavy atom. The van der Waals surface area contributed by atoms with Gasteiger partial charge >= 0.3 is 0 Å². The van der Waals surface area contributed by atoms with Crippen LogP contribution in [0.4, 0.5) is 0 Å². The molecule has 1 fully saturated rings. The highest BCUT2D eigenvalue weighted by Crippen LogP contribution is 2.15. The Bertz CT molecular complexity index is 149. The van der Waals surface area contributed by atoms with Gasteiger partial charge in [-0.15, -0.1) is 0 Å². The monoisotopic (exact) mass is 158 g/mol. The second-order valence-corrected chi connectivity index (χ2v) is 2.88. The van der Waals surface area contributed by atoms with Gasteiger partial charge in [-0.2, -0.15) is 0 Å². The molecule has 0 saturated carbocycles. The first-order valence-electron chi connectivity index (χ1n) is 3.86. The summed E-state index contributed by atoms with van der Waals surface area (Å²) in [5, 5.41) is 8.76. The molecule has 1 aliphatic rings. The third-order valence-electron chi connectivity index (χ3n) is 1.95. The molecular formula is C7H14N2O2. The van der Waals surface area contributed by atoms with Crippen molar-refractivity contribution in [2.45, 2.75) is 6.42 Å². The molecule has 3 N–H and O–H groups in total. The molecule has 0 aromatic carbocycles. The van der Waals surface area contributed by atoms with Gasteiger partial charge in [0.25, 0.3) is 0 Å². The molecule has 0 aromatic rings. The molecular weight excluding hydrogens is 144 g/mol. The number of nitrogens with two attached hydrogens (primary N) is 1. The highest BCUT2D eigenvalue weighted by Gasteiger charge is 2.27. The molecule has 0 radical (unpaired) electrons. The van der Waals surface area contributed by atoms with E-state index in [1.807, 2.05) is 0 Å². The lowest BCUT2D eigenvalue weighted by Gasteiger charge is -2.13. The summed E-state index contributed by atoms with van der Waals surface area (Å²) in [6.07, 6.45) is 0.483. The Kier molecular flexibility index (Phi) is 2.84. The quantitative estimate of drug-likeness (QED) is 0.541. The average molecular weight is 158 g/mol. The number of hydrogen-bond donors (Lipinski definition) is 2. The summed E-state index contributed by atoms with van der Waals surface area (Å²) in [5.74, 6) is 0.253. The van der Waals surface area contributed by atoms with Gasteiger partial charge in [0.05, 0.1) is 0 Å². The maximum absolute atomic E-state index is 11.1. The molecule has 1 saturated heterocycles. The van der Waals surface area contributed by atoms with Crippen LogP contribution in [-0.4, -0.2) is 42.2 Å². The summed E-state index contributed by atoms with van der Waals surface area (Å²) in [5.41, 5.74) is 5.30. The lowest BCUT2D eigenvalue weighted by Crippen LogP contribution is -2.30. The second kappa shape index (κ2) is 3.69. The Morgan fingerprint density at radius 3 is 2.91 bits per heavy atom. The van der Waals surface area contributed by atoms with E-state index in [0.29, 0.717) is 26.1 Å². The molecule has 1 amide bonds. The van der Waals surface area contributed by atoms with Crippen molar-refractivity contribution < 1.29 is 9.90 Å². The van der Waals surface area contributed by atoms with Crippen LogP contribution in [0.15, 0.2) is 0 Å². The number of likely N-dealkylation sites (tertiary alicyclic amines) is 1. The van der Waals surface area contributed by atoms with Crippen molar-refractivity contribution in [1.29, 1.82) is 0 Å². The lowest BCUT2D eigenvalue weighted by molar-refractivity contribution is -0.127. The number of amides is 1. The normalized spacial score (nSPS) is 24.7. The van der Waals surface area contributed by atoms with Crippen molar-refractivity contribution in [2.24, 2.45) is 11.7 Å². The Balaban J connectivity index is 2.38. The fraction of sp³-hybridized carbons (Fsp3) is 0.857. The van der Waals surface area contributed by atoms with Crippen LogP contribution < -0.4 is 5.73 Å². The number of nitrogens with zero attached hydrogens (tertiary/aromatic N) is 1. The van der Waals surface area contributed by atoms with Gasteiger partial charge in [-0.1, -0.05) is 0 Å². The van der Waals surface area contributed by atoms with E-state index in [1.54, 1.807) is 4.90 Å².